The van der Waals surface area contributed by atoms with Gasteiger partial charge < -0.3 is 21.1 Å². The van der Waals surface area contributed by atoms with Crippen LogP contribution in [0.1, 0.15) is 65.1 Å². The van der Waals surface area contributed by atoms with Gasteiger partial charge in [0.25, 0.3) is 11.8 Å². The summed E-state index contributed by atoms with van der Waals surface area (Å²) in [4.78, 5) is 54.0. The van der Waals surface area contributed by atoms with Crippen LogP contribution in [0.5, 0.6) is 5.75 Å². The molecule has 6 N–H and O–H groups in total. The fourth-order valence-corrected chi connectivity index (χ4v) is 5.90. The first-order valence-electron chi connectivity index (χ1n) is 12.7. The average molecular weight is 519 g/mol. The third-order valence-electron chi connectivity index (χ3n) is 8.38. The van der Waals surface area contributed by atoms with Crippen LogP contribution in [0.3, 0.4) is 0 Å². The highest BCUT2D eigenvalue weighted by atomic mass is 16.6. The molecule has 38 heavy (non-hydrogen) atoms. The highest BCUT2D eigenvalue weighted by molar-refractivity contribution is 5.98. The molecule has 12 nitrogen and oxygen atoms in total. The summed E-state index contributed by atoms with van der Waals surface area (Å²) in [7, 11) is 0. The summed E-state index contributed by atoms with van der Waals surface area (Å²) in [6.45, 7) is 0.686. The van der Waals surface area contributed by atoms with E-state index < -0.39 is 12.0 Å². The molecule has 3 aliphatic carbocycles. The summed E-state index contributed by atoms with van der Waals surface area (Å²) in [5, 5.41) is 11.5. The van der Waals surface area contributed by atoms with E-state index in [2.05, 4.69) is 20.7 Å². The number of nitrogens with two attached hydrogens (primary N) is 2. The molecule has 0 saturated heterocycles. The number of primary amides is 2. The van der Waals surface area contributed by atoms with Gasteiger partial charge in [0.15, 0.2) is 17.1 Å². The van der Waals surface area contributed by atoms with Crippen molar-refractivity contribution in [2.24, 2.45) is 16.6 Å². The van der Waals surface area contributed by atoms with Crippen LogP contribution in [0, 0.1) is 10.8 Å². The van der Waals surface area contributed by atoms with Gasteiger partial charge in [-0.1, -0.05) is 6.07 Å². The molecule has 4 amide bonds. The second-order valence-electron chi connectivity index (χ2n) is 10.6. The summed E-state index contributed by atoms with van der Waals surface area (Å²) < 4.78 is 6.47. The van der Waals surface area contributed by atoms with Crippen molar-refractivity contribution in [3.05, 3.63) is 53.5 Å². The van der Waals surface area contributed by atoms with E-state index in [1.807, 2.05) is 0 Å². The molecule has 3 aromatic rings. The maximum atomic E-state index is 13.3. The maximum Gasteiger partial charge on any atom is 0.523 e. The van der Waals surface area contributed by atoms with E-state index in [4.69, 9.17) is 10.5 Å². The zero-order valence-corrected chi connectivity index (χ0v) is 20.7. The van der Waals surface area contributed by atoms with Crippen molar-refractivity contribution in [1.29, 1.82) is 0 Å². The minimum Gasteiger partial charge on any atom is -0.374 e. The zero-order chi connectivity index (χ0) is 26.5. The Morgan fingerprint density at radius 3 is 2.53 bits per heavy atom. The third-order valence-corrected chi connectivity index (χ3v) is 8.38. The molecule has 3 heterocycles. The summed E-state index contributed by atoms with van der Waals surface area (Å²) in [5.74, 6) is -0.514. The number of aromatic nitrogens is 3. The van der Waals surface area contributed by atoms with Gasteiger partial charge in [-0.05, 0) is 55.6 Å². The maximum absolute atomic E-state index is 13.3. The fourth-order valence-electron chi connectivity index (χ4n) is 5.90. The predicted octanol–water partition coefficient (Wildman–Crippen LogP) is 0.922. The summed E-state index contributed by atoms with van der Waals surface area (Å²) in [6, 6.07) is 8.29. The van der Waals surface area contributed by atoms with Crippen LogP contribution < -0.4 is 26.4 Å². The van der Waals surface area contributed by atoms with Crippen molar-refractivity contribution in [2.75, 3.05) is 6.54 Å². The number of hydrogen-bond donors (Lipinski definition) is 4. The van der Waals surface area contributed by atoms with Crippen molar-refractivity contribution in [3.8, 4) is 5.75 Å². The number of carbonyl (C=O) groups excluding carboxylic acids is 4. The average Bonchev–Trinajstić information content (AvgIpc) is 3.56. The van der Waals surface area contributed by atoms with Crippen molar-refractivity contribution >= 4 is 35.1 Å². The summed E-state index contributed by atoms with van der Waals surface area (Å²) in [5.41, 5.74) is 7.36. The standard InChI is InChI=1S/C26H27N7O5/c27-23(36)26-7-4-25(5-8-26,6-9-26)14-29-22(35)18-12-17(31-20-3-10-30-33(18)20)21(34)28-13-15-1-2-19-16(11-15)32-24(37)38-19/h1-3,10-12H,4-9,13-14H2,(H2,27,36)(H,28,34)(H,29,35)(H,32,37)/p+1. The van der Waals surface area contributed by atoms with Gasteiger partial charge in [0.05, 0.1) is 6.20 Å². The van der Waals surface area contributed by atoms with E-state index in [9.17, 15) is 19.2 Å². The van der Waals surface area contributed by atoms with Crippen LogP contribution in [-0.4, -0.2) is 45.0 Å². The lowest BCUT2D eigenvalue weighted by Crippen LogP contribution is -2.80. The van der Waals surface area contributed by atoms with Gasteiger partial charge in [0.2, 0.25) is 5.91 Å². The molecule has 196 valence electrons. The molecular weight excluding hydrogens is 490 g/mol. The van der Waals surface area contributed by atoms with Crippen molar-refractivity contribution in [3.63, 3.8) is 0 Å². The highest BCUT2D eigenvalue weighted by Crippen LogP contribution is 2.56. The Bertz CT molecular complexity index is 1470. The van der Waals surface area contributed by atoms with Crippen LogP contribution in [0.4, 0.5) is 10.5 Å². The van der Waals surface area contributed by atoms with Crippen molar-refractivity contribution in [2.45, 2.75) is 45.1 Å². The van der Waals surface area contributed by atoms with Crippen LogP contribution in [0.25, 0.3) is 5.65 Å². The van der Waals surface area contributed by atoms with Gasteiger partial charge in [-0.25, -0.2) is 14.8 Å². The highest BCUT2D eigenvalue weighted by Gasteiger charge is 2.51. The minimum absolute atomic E-state index is 0.0493. The smallest absolute Gasteiger partial charge is 0.374 e. The van der Waals surface area contributed by atoms with Crippen LogP contribution in [-0.2, 0) is 11.3 Å². The van der Waals surface area contributed by atoms with E-state index in [0.717, 1.165) is 44.1 Å². The number of nitrogens with zero attached hydrogens (tertiary/aromatic N) is 3. The first-order chi connectivity index (χ1) is 18.3. The number of hydrogen-bond acceptors (Lipinski definition) is 7. The number of ether oxygens (including phenoxy) is 1. The van der Waals surface area contributed by atoms with Crippen LogP contribution in [0.15, 0.2) is 36.5 Å². The van der Waals surface area contributed by atoms with Crippen molar-refractivity contribution < 1.29 is 29.2 Å². The van der Waals surface area contributed by atoms with E-state index in [1.165, 1.54) is 22.1 Å². The number of quaternary nitrogens is 1. The number of benzene rings is 1. The molecule has 12 heteroatoms. The second kappa shape index (κ2) is 8.91. The second-order valence-corrected chi connectivity index (χ2v) is 10.6. The topological polar surface area (TPSA) is 174 Å². The number of carbonyl (C=O) groups is 4. The molecule has 4 aliphatic rings. The van der Waals surface area contributed by atoms with E-state index in [0.29, 0.717) is 23.6 Å². The molecule has 0 radical (unpaired) electrons. The molecule has 2 bridgehead atoms. The first kappa shape index (κ1) is 24.0. The lowest BCUT2D eigenvalue weighted by Gasteiger charge is -2.52. The summed E-state index contributed by atoms with van der Waals surface area (Å²) >= 11 is 0. The molecule has 0 unspecified atom stereocenters. The van der Waals surface area contributed by atoms with Crippen molar-refractivity contribution in [1.82, 2.24) is 25.2 Å². The Morgan fingerprint density at radius 2 is 1.79 bits per heavy atom. The van der Waals surface area contributed by atoms with Gasteiger partial charge in [-0.15, -0.1) is 0 Å². The molecule has 1 aromatic carbocycles. The zero-order valence-electron chi connectivity index (χ0n) is 20.7. The number of fused-ring (bicyclic) bond motifs is 5. The molecule has 3 saturated carbocycles. The Morgan fingerprint density at radius 1 is 1.03 bits per heavy atom. The number of rotatable bonds is 7. The predicted molar refractivity (Wildman–Crippen MR) is 132 cm³/mol. The lowest BCUT2D eigenvalue weighted by atomic mass is 9.53. The van der Waals surface area contributed by atoms with E-state index in [-0.39, 0.29) is 40.6 Å². The molecule has 2 aromatic heterocycles. The fraction of sp³-hybridized carbons (Fsp3) is 0.385. The molecule has 7 rings (SSSR count). The van der Waals surface area contributed by atoms with E-state index in [1.54, 1.807) is 24.3 Å². The van der Waals surface area contributed by atoms with Gasteiger partial charge in [-0.3, -0.25) is 14.4 Å². The molecule has 3 fully saturated rings. The van der Waals surface area contributed by atoms with E-state index >= 15 is 0 Å². The number of amides is 4. The number of nitrogens with one attached hydrogen (secondary N) is 2. The molecule has 0 spiro atoms. The SMILES string of the molecule is NC(=O)C12CCC(CNC(=O)c3cc(C(=O)NCc4ccc5c(c4)[NH2+]C(=O)O5)nc4ccnn34)(CC1)CC2. The molecular formula is C26H28N7O5+. The monoisotopic (exact) mass is 518 g/mol. The Kier molecular flexibility index (Phi) is 5.64. The molecule has 0 atom stereocenters. The van der Waals surface area contributed by atoms with Crippen LogP contribution >= 0.6 is 0 Å². The Labute approximate surface area is 217 Å². The normalized spacial score (nSPS) is 23.6. The Hall–Kier alpha value is -4.32. The first-order valence-corrected chi connectivity index (χ1v) is 12.7. The Balaban J connectivity index is 1.14. The van der Waals surface area contributed by atoms with Gasteiger partial charge >= 0.3 is 6.09 Å². The van der Waals surface area contributed by atoms with Gasteiger partial charge in [-0.2, -0.15) is 9.89 Å². The van der Waals surface area contributed by atoms with Gasteiger partial charge in [0.1, 0.15) is 11.4 Å². The third kappa shape index (κ3) is 4.16. The lowest BCUT2D eigenvalue weighted by molar-refractivity contribution is -0.464. The van der Waals surface area contributed by atoms with Crippen LogP contribution in [0.2, 0.25) is 0 Å². The quantitative estimate of drug-likeness (QED) is 0.336. The largest absolute Gasteiger partial charge is 0.523 e. The summed E-state index contributed by atoms with van der Waals surface area (Å²) in [6.07, 6.45) is 5.91. The molecule has 1 aliphatic heterocycles. The van der Waals surface area contributed by atoms with Gasteiger partial charge in [0, 0.05) is 36.7 Å². The minimum atomic E-state index is -0.444.